The van der Waals surface area contributed by atoms with E-state index in [0.29, 0.717) is 12.6 Å². The maximum absolute atomic E-state index is 9.58. The first-order chi connectivity index (χ1) is 7.08. The van der Waals surface area contributed by atoms with Gasteiger partial charge in [0.1, 0.15) is 5.82 Å². The van der Waals surface area contributed by atoms with E-state index in [4.69, 9.17) is 0 Å². The quantitative estimate of drug-likeness (QED) is 0.856. The molecule has 0 spiro atoms. The van der Waals surface area contributed by atoms with Crippen LogP contribution >= 0.6 is 31.9 Å². The summed E-state index contributed by atoms with van der Waals surface area (Å²) < 4.78 is 1.91. The SMILES string of the molecule is CC1CC(O)CN1c1ncc(Br)cc1Br. The molecule has 1 aliphatic heterocycles. The van der Waals surface area contributed by atoms with E-state index in [-0.39, 0.29) is 6.10 Å². The molecule has 3 nitrogen and oxygen atoms in total. The number of hydrogen-bond acceptors (Lipinski definition) is 3. The summed E-state index contributed by atoms with van der Waals surface area (Å²) in [5, 5.41) is 9.58. The van der Waals surface area contributed by atoms with Gasteiger partial charge in [0.25, 0.3) is 0 Å². The molecule has 5 heteroatoms. The Hall–Kier alpha value is -0.130. The molecule has 0 amide bonds. The molecule has 0 saturated carbocycles. The fourth-order valence-corrected chi connectivity index (χ4v) is 3.13. The second-order valence-electron chi connectivity index (χ2n) is 3.85. The lowest BCUT2D eigenvalue weighted by Gasteiger charge is -2.23. The number of aromatic nitrogens is 1. The second kappa shape index (κ2) is 4.39. The molecule has 2 rings (SSSR count). The van der Waals surface area contributed by atoms with Gasteiger partial charge in [-0.1, -0.05) is 0 Å². The molecule has 2 heterocycles. The van der Waals surface area contributed by atoms with Gasteiger partial charge < -0.3 is 10.0 Å². The van der Waals surface area contributed by atoms with Gasteiger partial charge in [0.15, 0.2) is 0 Å². The van der Waals surface area contributed by atoms with Crippen LogP contribution in [0, 0.1) is 0 Å². The van der Waals surface area contributed by atoms with Crippen LogP contribution in [0.15, 0.2) is 21.2 Å². The summed E-state index contributed by atoms with van der Waals surface area (Å²) in [5.74, 6) is 0.905. The van der Waals surface area contributed by atoms with Crippen LogP contribution in [0.5, 0.6) is 0 Å². The van der Waals surface area contributed by atoms with E-state index >= 15 is 0 Å². The Morgan fingerprint density at radius 1 is 1.53 bits per heavy atom. The van der Waals surface area contributed by atoms with Crippen molar-refractivity contribution in [3.63, 3.8) is 0 Å². The minimum Gasteiger partial charge on any atom is -0.391 e. The molecule has 0 bridgehead atoms. The third kappa shape index (κ3) is 2.34. The molecule has 1 aliphatic rings. The molecule has 82 valence electrons. The van der Waals surface area contributed by atoms with Gasteiger partial charge in [-0.25, -0.2) is 4.98 Å². The standard InChI is InChI=1S/C10H12Br2N2O/c1-6-2-8(15)5-14(6)10-9(12)3-7(11)4-13-10/h3-4,6,8,15H,2,5H2,1H3. The fraction of sp³-hybridized carbons (Fsp3) is 0.500. The number of hydrogen-bond donors (Lipinski definition) is 1. The first kappa shape index (κ1) is 11.4. The Morgan fingerprint density at radius 2 is 2.27 bits per heavy atom. The summed E-state index contributed by atoms with van der Waals surface area (Å²) in [5.41, 5.74) is 0. The molecule has 1 aromatic rings. The molecule has 1 fully saturated rings. The molecule has 0 aromatic carbocycles. The van der Waals surface area contributed by atoms with Crippen LogP contribution < -0.4 is 4.90 Å². The average Bonchev–Trinajstić information content (AvgIpc) is 2.45. The van der Waals surface area contributed by atoms with E-state index in [0.717, 1.165) is 21.2 Å². The number of aliphatic hydroxyl groups is 1. The van der Waals surface area contributed by atoms with E-state index in [1.165, 1.54) is 0 Å². The lowest BCUT2D eigenvalue weighted by atomic mass is 10.2. The third-order valence-electron chi connectivity index (χ3n) is 2.61. The van der Waals surface area contributed by atoms with Gasteiger partial charge >= 0.3 is 0 Å². The van der Waals surface area contributed by atoms with Gasteiger partial charge in [-0.3, -0.25) is 0 Å². The highest BCUT2D eigenvalue weighted by molar-refractivity contribution is 9.11. The molecule has 0 radical (unpaired) electrons. The van der Waals surface area contributed by atoms with Gasteiger partial charge in [-0.15, -0.1) is 0 Å². The summed E-state index contributed by atoms with van der Waals surface area (Å²) in [6.45, 7) is 2.76. The molecule has 1 N–H and O–H groups in total. The second-order valence-corrected chi connectivity index (χ2v) is 5.62. The van der Waals surface area contributed by atoms with Gasteiger partial charge in [0.2, 0.25) is 0 Å². The van der Waals surface area contributed by atoms with Crippen molar-refractivity contribution in [1.82, 2.24) is 4.98 Å². The lowest BCUT2D eigenvalue weighted by molar-refractivity contribution is 0.195. The summed E-state index contributed by atoms with van der Waals surface area (Å²) in [6, 6.07) is 2.31. The molecule has 15 heavy (non-hydrogen) atoms. The maximum Gasteiger partial charge on any atom is 0.143 e. The molecular weight excluding hydrogens is 324 g/mol. The van der Waals surface area contributed by atoms with Crippen LogP contribution in [-0.4, -0.2) is 28.8 Å². The summed E-state index contributed by atoms with van der Waals surface area (Å²) in [4.78, 5) is 6.49. The Balaban J connectivity index is 2.29. The first-order valence-electron chi connectivity index (χ1n) is 4.83. The predicted molar refractivity (Wildman–Crippen MR) is 67.1 cm³/mol. The molecule has 0 aliphatic carbocycles. The maximum atomic E-state index is 9.58. The van der Waals surface area contributed by atoms with Crippen molar-refractivity contribution >= 4 is 37.7 Å². The van der Waals surface area contributed by atoms with Crippen LogP contribution in [0.25, 0.3) is 0 Å². The van der Waals surface area contributed by atoms with Crippen LogP contribution in [0.3, 0.4) is 0 Å². The van der Waals surface area contributed by atoms with E-state index in [9.17, 15) is 5.11 Å². The van der Waals surface area contributed by atoms with Crippen LogP contribution in [0.1, 0.15) is 13.3 Å². The highest BCUT2D eigenvalue weighted by atomic mass is 79.9. The largest absolute Gasteiger partial charge is 0.391 e. The average molecular weight is 336 g/mol. The summed E-state index contributed by atoms with van der Waals surface area (Å²) in [7, 11) is 0. The Labute approximate surface area is 106 Å². The normalized spacial score (nSPS) is 26.0. The van der Waals surface area contributed by atoms with E-state index in [2.05, 4.69) is 48.7 Å². The van der Waals surface area contributed by atoms with Crippen LogP contribution in [0.4, 0.5) is 5.82 Å². The zero-order valence-electron chi connectivity index (χ0n) is 8.32. The predicted octanol–water partition coefficient (Wildman–Crippen LogP) is 2.57. The highest BCUT2D eigenvalue weighted by Gasteiger charge is 2.29. The number of pyridine rings is 1. The summed E-state index contributed by atoms with van der Waals surface area (Å²) in [6.07, 6.45) is 2.35. The fourth-order valence-electron chi connectivity index (χ4n) is 1.92. The van der Waals surface area contributed by atoms with Crippen molar-refractivity contribution in [3.05, 3.63) is 21.2 Å². The topological polar surface area (TPSA) is 36.4 Å². The van der Waals surface area contributed by atoms with E-state index in [1.807, 2.05) is 6.07 Å². The molecule has 1 saturated heterocycles. The Bertz CT molecular complexity index is 372. The van der Waals surface area contributed by atoms with Crippen molar-refractivity contribution in [3.8, 4) is 0 Å². The van der Waals surface area contributed by atoms with Gasteiger partial charge in [-0.2, -0.15) is 0 Å². The van der Waals surface area contributed by atoms with Gasteiger partial charge in [0.05, 0.1) is 10.6 Å². The number of β-amino-alcohol motifs (C(OH)–C–C–N with tert-alkyl or cyclic N) is 1. The molecule has 2 unspecified atom stereocenters. The zero-order valence-corrected chi connectivity index (χ0v) is 11.5. The van der Waals surface area contributed by atoms with E-state index < -0.39 is 0 Å². The Kier molecular flexibility index (Phi) is 3.33. The molecule has 2 atom stereocenters. The zero-order chi connectivity index (χ0) is 11.0. The first-order valence-corrected chi connectivity index (χ1v) is 6.42. The Morgan fingerprint density at radius 3 is 2.80 bits per heavy atom. The number of anilines is 1. The van der Waals surface area contributed by atoms with Crippen molar-refractivity contribution in [2.75, 3.05) is 11.4 Å². The highest BCUT2D eigenvalue weighted by Crippen LogP contribution is 2.31. The van der Waals surface area contributed by atoms with Crippen molar-refractivity contribution in [2.45, 2.75) is 25.5 Å². The monoisotopic (exact) mass is 334 g/mol. The minimum absolute atomic E-state index is 0.239. The lowest BCUT2D eigenvalue weighted by Crippen LogP contribution is -2.28. The van der Waals surface area contributed by atoms with Crippen molar-refractivity contribution in [1.29, 1.82) is 0 Å². The minimum atomic E-state index is -0.239. The number of nitrogens with zero attached hydrogens (tertiary/aromatic N) is 2. The van der Waals surface area contributed by atoms with Gasteiger partial charge in [-0.05, 0) is 51.3 Å². The van der Waals surface area contributed by atoms with Crippen molar-refractivity contribution < 1.29 is 5.11 Å². The third-order valence-corrected chi connectivity index (χ3v) is 3.63. The van der Waals surface area contributed by atoms with Crippen molar-refractivity contribution in [2.24, 2.45) is 0 Å². The number of aliphatic hydroxyl groups excluding tert-OH is 1. The summed E-state index contributed by atoms with van der Waals surface area (Å²) >= 11 is 6.86. The molecular formula is C10H12Br2N2O. The molecule has 1 aromatic heterocycles. The number of rotatable bonds is 1. The van der Waals surface area contributed by atoms with Gasteiger partial charge in [0, 0.05) is 23.3 Å². The number of halogens is 2. The van der Waals surface area contributed by atoms with E-state index in [1.54, 1.807) is 6.20 Å². The van der Waals surface area contributed by atoms with Crippen LogP contribution in [-0.2, 0) is 0 Å². The smallest absolute Gasteiger partial charge is 0.143 e. The van der Waals surface area contributed by atoms with Crippen LogP contribution in [0.2, 0.25) is 0 Å².